The van der Waals surface area contributed by atoms with Crippen LogP contribution >= 0.6 is 11.8 Å². The number of rotatable bonds is 2. The molecule has 0 saturated carbocycles. The van der Waals surface area contributed by atoms with Crippen LogP contribution in [0.2, 0.25) is 0 Å². The number of hydrogen-bond acceptors (Lipinski definition) is 5. The molecule has 1 unspecified atom stereocenters. The second kappa shape index (κ2) is 6.42. The maximum absolute atomic E-state index is 13.3. The summed E-state index contributed by atoms with van der Waals surface area (Å²) < 4.78 is 0. The van der Waals surface area contributed by atoms with E-state index in [1.54, 1.807) is 23.9 Å². The molecule has 0 radical (unpaired) electrons. The SMILES string of the molecule is O=C1c2ccccc2C2=Nc3ccccc3S[C@H](c3cccc([N+](=O)[O-])c3)C12. The first-order chi connectivity index (χ1) is 13.6. The lowest BCUT2D eigenvalue weighted by atomic mass is 9.93. The van der Waals surface area contributed by atoms with Gasteiger partial charge in [0.2, 0.25) is 0 Å². The van der Waals surface area contributed by atoms with E-state index in [1.165, 1.54) is 6.07 Å². The minimum absolute atomic E-state index is 0.0196. The molecule has 0 N–H and O–H groups in total. The summed E-state index contributed by atoms with van der Waals surface area (Å²) in [5, 5.41) is 11.0. The number of aliphatic imine (C=N–C) groups is 1. The largest absolute Gasteiger partial charge is 0.293 e. The van der Waals surface area contributed by atoms with Crippen molar-refractivity contribution < 1.29 is 9.72 Å². The topological polar surface area (TPSA) is 72.6 Å². The Labute approximate surface area is 165 Å². The highest BCUT2D eigenvalue weighted by molar-refractivity contribution is 7.99. The average Bonchev–Trinajstić information content (AvgIpc) is 2.88. The highest BCUT2D eigenvalue weighted by Gasteiger charge is 2.44. The van der Waals surface area contributed by atoms with Crippen LogP contribution in [0.15, 0.2) is 82.7 Å². The van der Waals surface area contributed by atoms with Crippen LogP contribution in [0.25, 0.3) is 0 Å². The number of nitrogens with zero attached hydrogens (tertiary/aromatic N) is 2. The Bertz CT molecular complexity index is 1170. The van der Waals surface area contributed by atoms with Crippen molar-refractivity contribution in [2.75, 3.05) is 0 Å². The van der Waals surface area contributed by atoms with Gasteiger partial charge in [-0.3, -0.25) is 19.9 Å². The van der Waals surface area contributed by atoms with Gasteiger partial charge in [-0.1, -0.05) is 48.5 Å². The zero-order chi connectivity index (χ0) is 19.3. The summed E-state index contributed by atoms with van der Waals surface area (Å²) >= 11 is 1.54. The Morgan fingerprint density at radius 2 is 1.68 bits per heavy atom. The normalized spacial score (nSPS) is 19.9. The van der Waals surface area contributed by atoms with Crippen LogP contribution in [0.1, 0.15) is 26.7 Å². The van der Waals surface area contributed by atoms with E-state index in [0.29, 0.717) is 5.56 Å². The first-order valence-corrected chi connectivity index (χ1v) is 9.73. The Morgan fingerprint density at radius 1 is 0.929 bits per heavy atom. The monoisotopic (exact) mass is 386 g/mol. The molecule has 136 valence electrons. The van der Waals surface area contributed by atoms with Crippen LogP contribution in [0.4, 0.5) is 11.4 Å². The molecule has 1 heterocycles. The molecule has 6 heteroatoms. The Hall–Kier alpha value is -3.25. The third-order valence-corrected chi connectivity index (χ3v) is 6.52. The van der Waals surface area contributed by atoms with Crippen molar-refractivity contribution in [3.63, 3.8) is 0 Å². The summed E-state index contributed by atoms with van der Waals surface area (Å²) in [7, 11) is 0. The van der Waals surface area contributed by atoms with Crippen molar-refractivity contribution in [1.82, 2.24) is 0 Å². The van der Waals surface area contributed by atoms with E-state index in [-0.39, 0.29) is 16.7 Å². The lowest BCUT2D eigenvalue weighted by Gasteiger charge is -2.21. The molecule has 0 bridgehead atoms. The summed E-state index contributed by atoms with van der Waals surface area (Å²) in [5.74, 6) is -0.456. The van der Waals surface area contributed by atoms with E-state index < -0.39 is 10.8 Å². The van der Waals surface area contributed by atoms with Gasteiger partial charge in [-0.05, 0) is 17.7 Å². The number of fused-ring (bicyclic) bond motifs is 4. The van der Waals surface area contributed by atoms with Crippen molar-refractivity contribution in [2.24, 2.45) is 10.9 Å². The number of ketones is 1. The molecular weight excluding hydrogens is 372 g/mol. The molecule has 0 saturated heterocycles. The van der Waals surface area contributed by atoms with Gasteiger partial charge >= 0.3 is 0 Å². The Kier molecular flexibility index (Phi) is 3.87. The van der Waals surface area contributed by atoms with Crippen LogP contribution in [0.5, 0.6) is 0 Å². The molecule has 28 heavy (non-hydrogen) atoms. The second-order valence-electron chi connectivity index (χ2n) is 6.74. The van der Waals surface area contributed by atoms with Crippen LogP contribution in [0.3, 0.4) is 0 Å². The number of non-ortho nitro benzene ring substituents is 1. The summed E-state index contributed by atoms with van der Waals surface area (Å²) in [6.45, 7) is 0. The fourth-order valence-electron chi connectivity index (χ4n) is 3.85. The van der Waals surface area contributed by atoms with Crippen LogP contribution in [0, 0.1) is 16.0 Å². The third-order valence-electron chi connectivity index (χ3n) is 5.12. The van der Waals surface area contributed by atoms with Gasteiger partial charge < -0.3 is 0 Å². The fraction of sp³-hybridized carbons (Fsp3) is 0.0909. The molecule has 0 fully saturated rings. The molecule has 3 aromatic rings. The van der Waals surface area contributed by atoms with Gasteiger partial charge in [0.05, 0.1) is 27.5 Å². The molecular formula is C22H14N2O3S. The maximum Gasteiger partial charge on any atom is 0.269 e. The zero-order valence-electron chi connectivity index (χ0n) is 14.6. The molecule has 1 aliphatic carbocycles. The van der Waals surface area contributed by atoms with Crippen LogP contribution in [-0.2, 0) is 0 Å². The quantitative estimate of drug-likeness (QED) is 0.438. The van der Waals surface area contributed by atoms with Gasteiger partial charge in [0, 0.05) is 28.2 Å². The lowest BCUT2D eigenvalue weighted by Crippen LogP contribution is -2.22. The molecule has 5 rings (SSSR count). The molecule has 0 spiro atoms. The third kappa shape index (κ3) is 2.57. The first kappa shape index (κ1) is 16.9. The van der Waals surface area contributed by atoms with Crippen LogP contribution in [-0.4, -0.2) is 16.4 Å². The number of thioether (sulfide) groups is 1. The number of carbonyl (C=O) groups is 1. The van der Waals surface area contributed by atoms with Crippen molar-refractivity contribution >= 4 is 34.6 Å². The molecule has 2 atom stereocenters. The van der Waals surface area contributed by atoms with E-state index in [2.05, 4.69) is 0 Å². The summed E-state index contributed by atoms with van der Waals surface area (Å²) in [6, 6.07) is 21.9. The number of carbonyl (C=O) groups excluding carboxylic acids is 1. The molecule has 2 aliphatic rings. The van der Waals surface area contributed by atoms with Gasteiger partial charge in [0.1, 0.15) is 0 Å². The Morgan fingerprint density at radius 3 is 2.50 bits per heavy atom. The van der Waals surface area contributed by atoms with E-state index in [1.807, 2.05) is 54.6 Å². The van der Waals surface area contributed by atoms with Gasteiger partial charge in [-0.2, -0.15) is 0 Å². The second-order valence-corrected chi connectivity index (χ2v) is 7.93. The minimum Gasteiger partial charge on any atom is -0.293 e. The number of Topliss-reactive ketones (excluding diaryl/α,β-unsaturated/α-hetero) is 1. The van der Waals surface area contributed by atoms with Gasteiger partial charge in [0.25, 0.3) is 5.69 Å². The Balaban J connectivity index is 1.73. The van der Waals surface area contributed by atoms with Crippen molar-refractivity contribution in [2.45, 2.75) is 10.1 Å². The highest BCUT2D eigenvalue weighted by Crippen LogP contribution is 2.51. The summed E-state index contributed by atoms with van der Waals surface area (Å²) in [4.78, 5) is 30.0. The van der Waals surface area contributed by atoms with E-state index in [9.17, 15) is 14.9 Å². The van der Waals surface area contributed by atoms with Gasteiger partial charge in [0.15, 0.2) is 5.78 Å². The predicted octanol–water partition coefficient (Wildman–Crippen LogP) is 5.38. The summed E-state index contributed by atoms with van der Waals surface area (Å²) in [6.07, 6.45) is 0. The number of para-hydroxylation sites is 1. The summed E-state index contributed by atoms with van der Waals surface area (Å²) in [5.41, 5.74) is 3.87. The number of hydrogen-bond donors (Lipinski definition) is 0. The number of nitro groups is 1. The first-order valence-electron chi connectivity index (χ1n) is 8.86. The van der Waals surface area contributed by atoms with E-state index in [4.69, 9.17) is 4.99 Å². The lowest BCUT2D eigenvalue weighted by molar-refractivity contribution is -0.384. The smallest absolute Gasteiger partial charge is 0.269 e. The molecule has 5 nitrogen and oxygen atoms in total. The standard InChI is InChI=1S/C22H14N2O3S/c25-21-16-9-2-1-8-15(16)20-19(21)22(13-6-5-7-14(12-13)24(26)27)28-18-11-4-3-10-17(18)23-20/h1-12,19,22H/t19?,22-/m1/s1. The zero-order valence-corrected chi connectivity index (χ0v) is 15.4. The van der Waals surface area contributed by atoms with Crippen LogP contribution < -0.4 is 0 Å². The van der Waals surface area contributed by atoms with Gasteiger partial charge in [-0.25, -0.2) is 0 Å². The van der Waals surface area contributed by atoms with Crippen molar-refractivity contribution in [1.29, 1.82) is 0 Å². The maximum atomic E-state index is 13.3. The number of nitro benzene ring substituents is 1. The molecule has 3 aromatic carbocycles. The average molecular weight is 386 g/mol. The van der Waals surface area contributed by atoms with Gasteiger partial charge in [-0.15, -0.1) is 11.8 Å². The van der Waals surface area contributed by atoms with E-state index in [0.717, 1.165) is 27.4 Å². The minimum atomic E-state index is -0.475. The number of benzene rings is 3. The van der Waals surface area contributed by atoms with E-state index >= 15 is 0 Å². The van der Waals surface area contributed by atoms with Crippen molar-refractivity contribution in [3.8, 4) is 0 Å². The fourth-order valence-corrected chi connectivity index (χ4v) is 5.19. The molecule has 0 aromatic heterocycles. The van der Waals surface area contributed by atoms with Crippen molar-refractivity contribution in [3.05, 3.63) is 99.6 Å². The predicted molar refractivity (Wildman–Crippen MR) is 109 cm³/mol. The molecule has 0 amide bonds. The highest BCUT2D eigenvalue weighted by atomic mass is 32.2. The molecule has 1 aliphatic heterocycles.